The molecule has 0 aromatic heterocycles. The average molecular weight is 220 g/mol. The Morgan fingerprint density at radius 1 is 1.21 bits per heavy atom. The van der Waals surface area contributed by atoms with Gasteiger partial charge in [0.15, 0.2) is 0 Å². The fraction of sp³-hybridized carbons (Fsp3) is 0.300. The molecule has 1 rings (SSSR count). The van der Waals surface area contributed by atoms with Crippen molar-refractivity contribution in [1.29, 1.82) is 0 Å². The highest BCUT2D eigenvalue weighted by molar-refractivity contribution is 8.12. The van der Waals surface area contributed by atoms with Crippen LogP contribution in [0.15, 0.2) is 24.3 Å². The molecule has 0 aliphatic heterocycles. The maximum absolute atomic E-state index is 12.2. The second-order valence-electron chi connectivity index (χ2n) is 3.12. The van der Waals surface area contributed by atoms with E-state index in [4.69, 9.17) is 0 Å². The molecule has 0 heterocycles. The molecule has 0 aliphatic carbocycles. The van der Waals surface area contributed by atoms with Crippen molar-refractivity contribution in [3.05, 3.63) is 35.4 Å². The van der Waals surface area contributed by atoms with E-state index >= 15 is 0 Å². The molecule has 0 spiro atoms. The number of halogens is 3. The van der Waals surface area contributed by atoms with Gasteiger partial charge >= 0.3 is 6.18 Å². The van der Waals surface area contributed by atoms with Gasteiger partial charge < -0.3 is 0 Å². The summed E-state index contributed by atoms with van der Waals surface area (Å²) in [4.78, 5) is 0. The molecular formula is C10H11F3S. The molecule has 0 bridgehead atoms. The minimum atomic E-state index is -4.24. The van der Waals surface area contributed by atoms with Crippen LogP contribution in [-0.4, -0.2) is 12.1 Å². The lowest BCUT2D eigenvalue weighted by atomic mass is 10.1. The van der Waals surface area contributed by atoms with Crippen LogP contribution >= 0.6 is 10.5 Å². The predicted octanol–water partition coefficient (Wildman–Crippen LogP) is 3.54. The van der Waals surface area contributed by atoms with Gasteiger partial charge in [-0.3, -0.25) is 0 Å². The van der Waals surface area contributed by atoms with Gasteiger partial charge in [0, 0.05) is 5.75 Å². The van der Waals surface area contributed by atoms with Gasteiger partial charge in [-0.15, -0.1) is 0 Å². The summed E-state index contributed by atoms with van der Waals surface area (Å²) in [6.45, 7) is 0. The van der Waals surface area contributed by atoms with Crippen LogP contribution in [0.25, 0.3) is 0 Å². The van der Waals surface area contributed by atoms with Crippen molar-refractivity contribution >= 4 is 16.4 Å². The van der Waals surface area contributed by atoms with E-state index in [2.05, 4.69) is 5.87 Å². The quantitative estimate of drug-likeness (QED) is 0.669. The summed E-state index contributed by atoms with van der Waals surface area (Å²) in [6, 6.07) is 5.25. The monoisotopic (exact) mass is 220 g/mol. The highest BCUT2D eigenvalue weighted by Crippen LogP contribution is 2.29. The van der Waals surface area contributed by atoms with Gasteiger partial charge in [-0.1, -0.05) is 18.0 Å². The van der Waals surface area contributed by atoms with E-state index in [0.717, 1.165) is 23.4 Å². The second kappa shape index (κ2) is 4.17. The second-order valence-corrected chi connectivity index (χ2v) is 4.97. The largest absolute Gasteiger partial charge is 0.416 e. The van der Waals surface area contributed by atoms with Gasteiger partial charge in [0.05, 0.1) is 5.56 Å². The molecule has 1 aromatic carbocycles. The average Bonchev–Trinajstić information content (AvgIpc) is 2.02. The Morgan fingerprint density at radius 2 is 1.71 bits per heavy atom. The molecule has 0 nitrogen and oxygen atoms in total. The van der Waals surface area contributed by atoms with Crippen LogP contribution in [0, 0.1) is 0 Å². The summed E-state index contributed by atoms with van der Waals surface area (Å²) in [7, 11) is -0.0256. The first-order valence-electron chi connectivity index (χ1n) is 3.98. The fourth-order valence-corrected chi connectivity index (χ4v) is 1.84. The van der Waals surface area contributed by atoms with Crippen molar-refractivity contribution in [3.63, 3.8) is 0 Å². The molecule has 0 saturated carbocycles. The summed E-state index contributed by atoms with van der Waals surface area (Å²) in [5.41, 5.74) is 0.306. The Bertz CT molecular complexity index is 324. The van der Waals surface area contributed by atoms with Crippen LogP contribution in [0.1, 0.15) is 11.1 Å². The molecule has 1 aromatic rings. The topological polar surface area (TPSA) is 0 Å². The smallest absolute Gasteiger partial charge is 0.192 e. The van der Waals surface area contributed by atoms with E-state index in [1.165, 1.54) is 12.1 Å². The summed E-state index contributed by atoms with van der Waals surface area (Å²) in [5, 5.41) is 0. The standard InChI is InChI=1S/C10H11F3S/c1-14(2)7-8-3-5-9(6-4-8)10(11,12)13/h3-6H,1,7H2,2H3. The van der Waals surface area contributed by atoms with Crippen LogP contribution in [0.2, 0.25) is 0 Å². The summed E-state index contributed by atoms with van der Waals surface area (Å²) >= 11 is 0. The molecular weight excluding hydrogens is 209 g/mol. The minimum absolute atomic E-state index is 0.0256. The van der Waals surface area contributed by atoms with Crippen molar-refractivity contribution in [2.24, 2.45) is 0 Å². The Hall–Kier alpha value is -0.770. The van der Waals surface area contributed by atoms with Crippen LogP contribution in [0.3, 0.4) is 0 Å². The lowest BCUT2D eigenvalue weighted by Gasteiger charge is -2.07. The molecule has 0 aliphatic rings. The number of hydrogen-bond acceptors (Lipinski definition) is 0. The van der Waals surface area contributed by atoms with Crippen molar-refractivity contribution in [1.82, 2.24) is 0 Å². The Kier molecular flexibility index (Phi) is 3.37. The lowest BCUT2D eigenvalue weighted by molar-refractivity contribution is -0.137. The molecule has 1 atom stereocenters. The summed E-state index contributed by atoms with van der Waals surface area (Å²) in [5.74, 6) is 4.54. The zero-order valence-electron chi connectivity index (χ0n) is 7.77. The normalized spacial score (nSPS) is 14.0. The predicted molar refractivity (Wildman–Crippen MR) is 55.8 cm³/mol. The fourth-order valence-electron chi connectivity index (χ4n) is 1.07. The third-order valence-electron chi connectivity index (χ3n) is 1.69. The Balaban J connectivity index is 2.84. The van der Waals surface area contributed by atoms with E-state index in [1.807, 2.05) is 6.26 Å². The van der Waals surface area contributed by atoms with E-state index in [-0.39, 0.29) is 10.5 Å². The molecule has 0 saturated heterocycles. The maximum Gasteiger partial charge on any atom is 0.416 e. The summed E-state index contributed by atoms with van der Waals surface area (Å²) < 4.78 is 36.5. The van der Waals surface area contributed by atoms with Crippen molar-refractivity contribution < 1.29 is 13.2 Å². The number of hydrogen-bond donors (Lipinski definition) is 0. The van der Waals surface area contributed by atoms with Crippen LogP contribution in [-0.2, 0) is 11.9 Å². The van der Waals surface area contributed by atoms with Crippen molar-refractivity contribution in [3.8, 4) is 0 Å². The van der Waals surface area contributed by atoms with E-state index in [9.17, 15) is 13.2 Å². The number of benzene rings is 1. The Morgan fingerprint density at radius 3 is 2.07 bits per heavy atom. The number of rotatable bonds is 2. The van der Waals surface area contributed by atoms with Gasteiger partial charge in [0.1, 0.15) is 0 Å². The lowest BCUT2D eigenvalue weighted by Crippen LogP contribution is -2.04. The zero-order valence-corrected chi connectivity index (χ0v) is 8.58. The molecule has 0 radical (unpaired) electrons. The molecule has 0 fully saturated rings. The first kappa shape index (κ1) is 11.3. The molecule has 0 amide bonds. The third-order valence-corrected chi connectivity index (χ3v) is 2.52. The molecule has 4 heteroatoms. The molecule has 14 heavy (non-hydrogen) atoms. The van der Waals surface area contributed by atoms with Crippen LogP contribution < -0.4 is 0 Å². The Labute approximate surface area is 83.7 Å². The third kappa shape index (κ3) is 3.18. The molecule has 0 N–H and O–H groups in total. The van der Waals surface area contributed by atoms with Gasteiger partial charge in [-0.25, -0.2) is 0 Å². The molecule has 78 valence electrons. The van der Waals surface area contributed by atoms with Crippen LogP contribution in [0.4, 0.5) is 13.2 Å². The first-order chi connectivity index (χ1) is 6.39. The minimum Gasteiger partial charge on any atom is -0.192 e. The zero-order chi connectivity index (χ0) is 10.8. The van der Waals surface area contributed by atoms with E-state index in [1.54, 1.807) is 0 Å². The van der Waals surface area contributed by atoms with Crippen LogP contribution in [0.5, 0.6) is 0 Å². The highest BCUT2D eigenvalue weighted by Gasteiger charge is 2.29. The highest BCUT2D eigenvalue weighted by atomic mass is 32.2. The SMILES string of the molecule is C=S(C)Cc1ccc(C(F)(F)F)cc1. The number of alkyl halides is 3. The first-order valence-corrected chi connectivity index (χ1v) is 5.95. The van der Waals surface area contributed by atoms with Crippen molar-refractivity contribution in [2.45, 2.75) is 11.9 Å². The molecule has 1 unspecified atom stereocenters. The van der Waals surface area contributed by atoms with Gasteiger partial charge in [0.25, 0.3) is 0 Å². The van der Waals surface area contributed by atoms with E-state index < -0.39 is 11.7 Å². The maximum atomic E-state index is 12.2. The van der Waals surface area contributed by atoms with Gasteiger partial charge in [0.2, 0.25) is 0 Å². The van der Waals surface area contributed by atoms with Gasteiger partial charge in [-0.2, -0.15) is 23.7 Å². The summed E-state index contributed by atoms with van der Waals surface area (Å²) in [6.07, 6.45) is -2.28. The van der Waals surface area contributed by atoms with Crippen molar-refractivity contribution in [2.75, 3.05) is 6.26 Å². The van der Waals surface area contributed by atoms with Gasteiger partial charge in [-0.05, 0) is 24.0 Å². The van der Waals surface area contributed by atoms with E-state index in [0.29, 0.717) is 0 Å².